The minimum absolute atomic E-state index is 0.0633. The number of carbonyl (C=O) groups is 4. The Morgan fingerprint density at radius 3 is 2.49 bits per heavy atom. The lowest BCUT2D eigenvalue weighted by molar-refractivity contribution is -0.144. The number of rotatable bonds is 8. The topological polar surface area (TPSA) is 192 Å². The van der Waals surface area contributed by atoms with Gasteiger partial charge >= 0.3 is 12.3 Å². The van der Waals surface area contributed by atoms with E-state index in [0.717, 1.165) is 6.42 Å². The summed E-state index contributed by atoms with van der Waals surface area (Å²) in [6, 6.07) is 1.96. The van der Waals surface area contributed by atoms with Crippen molar-refractivity contribution in [1.82, 2.24) is 25.2 Å². The van der Waals surface area contributed by atoms with Crippen LogP contribution in [0.25, 0.3) is 10.9 Å². The van der Waals surface area contributed by atoms with Crippen LogP contribution in [0.15, 0.2) is 30.4 Å². The molecule has 4 heterocycles. The second-order valence-electron chi connectivity index (χ2n) is 17.9. The molecule has 15 nitrogen and oxygen atoms in total. The second kappa shape index (κ2) is 15.6. The Bertz CT molecular complexity index is 2260. The van der Waals surface area contributed by atoms with Crippen LogP contribution >= 0.6 is 0 Å². The van der Waals surface area contributed by atoms with Crippen LogP contribution < -0.4 is 24.8 Å². The third kappa shape index (κ3) is 8.11. The number of carbonyl (C=O) groups excluding carboxylic acids is 4. The predicted octanol–water partition coefficient (Wildman–Crippen LogP) is 4.98. The van der Waals surface area contributed by atoms with E-state index < -0.39 is 90.9 Å². The molecule has 0 bridgehead atoms. The third-order valence-electron chi connectivity index (χ3n) is 13.5. The molecule has 4 amide bonds. The highest BCUT2D eigenvalue weighted by atomic mass is 32.2. The molecule has 61 heavy (non-hydrogen) atoms. The lowest BCUT2D eigenvalue weighted by atomic mass is 9.82. The lowest BCUT2D eigenvalue weighted by Crippen LogP contribution is -2.59. The van der Waals surface area contributed by atoms with E-state index in [2.05, 4.69) is 20.3 Å². The third-order valence-corrected chi connectivity index (χ3v) is 15.6. The largest absolute Gasteiger partial charge is 0.497 e. The van der Waals surface area contributed by atoms with Crippen molar-refractivity contribution in [2.45, 2.75) is 137 Å². The van der Waals surface area contributed by atoms with Crippen LogP contribution in [-0.2, 0) is 46.5 Å². The molecule has 3 N–H and O–H groups in total. The Balaban J connectivity index is 1.15. The first-order valence-corrected chi connectivity index (χ1v) is 22.5. The number of hydrogen-bond acceptors (Lipinski definition) is 11. The number of pyridine rings is 1. The lowest BCUT2D eigenvalue weighted by Gasteiger charge is -2.38. The molecule has 4 fully saturated rings. The summed E-state index contributed by atoms with van der Waals surface area (Å²) < 4.78 is 95.0. The van der Waals surface area contributed by atoms with E-state index in [4.69, 9.17) is 18.9 Å². The van der Waals surface area contributed by atoms with Gasteiger partial charge in [0, 0.05) is 30.4 Å². The maximum atomic E-state index is 14.8. The number of nitrogens with one attached hydrogen (secondary N) is 3. The number of aromatic nitrogens is 1. The Morgan fingerprint density at radius 2 is 1.82 bits per heavy atom. The normalized spacial score (nSPS) is 29.9. The zero-order chi connectivity index (χ0) is 43.6. The van der Waals surface area contributed by atoms with Crippen LogP contribution in [-0.4, -0.2) is 103 Å². The van der Waals surface area contributed by atoms with E-state index in [-0.39, 0.29) is 69.2 Å². The van der Waals surface area contributed by atoms with Gasteiger partial charge in [0.25, 0.3) is 5.91 Å². The molecular weight excluding hydrogens is 824 g/mol. The minimum atomic E-state index is -4.93. The van der Waals surface area contributed by atoms with E-state index >= 15 is 0 Å². The van der Waals surface area contributed by atoms with Crippen molar-refractivity contribution in [2.75, 3.05) is 27.4 Å². The van der Waals surface area contributed by atoms with Crippen molar-refractivity contribution in [1.29, 1.82) is 0 Å². The van der Waals surface area contributed by atoms with Crippen molar-refractivity contribution >= 4 is 44.7 Å². The standard InChI is InChI=1S/C42H52F3N5O10S/c1-38(15-9-16-38)60-37(54)47-30-11-8-6-4-5-7-10-25-21-41(25,36(53)49-61(55,56)40(18-19-40)24-57-2)48-34(51)31-22-39(23-50(31)35(30)52)17-14-27-28-20-26(58-3)12-13-29(28)46-33(32(27)59-39)42(43,44)45/h7,10,12-13,20,25,30-31H,4-6,8-9,11,14-19,21-24H2,1-3H3,(H,47,54)(H,48,51)(H,49,53)/b10-7-/t25-,30+,31+,39-,41-/m1/s1. The molecule has 19 heteroatoms. The van der Waals surface area contributed by atoms with Gasteiger partial charge in [0.1, 0.15) is 39.3 Å². The molecule has 3 aliphatic heterocycles. The summed E-state index contributed by atoms with van der Waals surface area (Å²) in [6.45, 7) is 1.34. The van der Waals surface area contributed by atoms with Crippen molar-refractivity contribution in [3.05, 3.63) is 41.6 Å². The van der Waals surface area contributed by atoms with E-state index in [1.807, 2.05) is 6.08 Å². The van der Waals surface area contributed by atoms with Gasteiger partial charge in [-0.2, -0.15) is 13.2 Å². The molecule has 3 saturated carbocycles. The molecule has 1 aromatic heterocycles. The number of amides is 4. The van der Waals surface area contributed by atoms with Crippen LogP contribution in [0.2, 0.25) is 0 Å². The highest BCUT2D eigenvalue weighted by molar-refractivity contribution is 7.91. The van der Waals surface area contributed by atoms with Gasteiger partial charge in [-0.25, -0.2) is 18.2 Å². The fourth-order valence-corrected chi connectivity index (χ4v) is 11.0. The number of aryl methyl sites for hydroxylation is 1. The van der Waals surface area contributed by atoms with Crippen molar-refractivity contribution in [2.24, 2.45) is 5.92 Å². The average Bonchev–Trinajstić information content (AvgIpc) is 4.10. The Labute approximate surface area is 351 Å². The van der Waals surface area contributed by atoms with Crippen LogP contribution in [0.4, 0.5) is 18.0 Å². The molecular formula is C42H52F3N5O10S. The predicted molar refractivity (Wildman–Crippen MR) is 213 cm³/mol. The van der Waals surface area contributed by atoms with Crippen molar-refractivity contribution < 1.29 is 59.7 Å². The number of halogens is 3. The molecule has 3 aliphatic carbocycles. The number of allylic oxidation sites excluding steroid dienone is 1. The number of fused-ring (bicyclic) bond motifs is 5. The summed E-state index contributed by atoms with van der Waals surface area (Å²) in [7, 11) is -1.44. The molecule has 0 radical (unpaired) electrons. The molecule has 6 aliphatic rings. The number of alkyl carbamates (subject to hydrolysis) is 1. The number of methoxy groups -OCH3 is 2. The number of alkyl halides is 3. The van der Waals surface area contributed by atoms with Crippen molar-refractivity contribution in [3.8, 4) is 11.5 Å². The number of benzene rings is 1. The van der Waals surface area contributed by atoms with Gasteiger partial charge in [0.2, 0.25) is 21.8 Å². The van der Waals surface area contributed by atoms with Gasteiger partial charge in [-0.15, -0.1) is 0 Å². The van der Waals surface area contributed by atoms with Gasteiger partial charge in [-0.05, 0) is 95.8 Å². The maximum absolute atomic E-state index is 14.8. The quantitative estimate of drug-likeness (QED) is 0.303. The highest BCUT2D eigenvalue weighted by Gasteiger charge is 2.64. The molecule has 1 saturated heterocycles. The number of sulfonamides is 1. The highest BCUT2D eigenvalue weighted by Crippen LogP contribution is 2.51. The summed E-state index contributed by atoms with van der Waals surface area (Å²) in [4.78, 5) is 62.2. The van der Waals surface area contributed by atoms with Gasteiger partial charge in [-0.1, -0.05) is 25.0 Å². The molecule has 8 rings (SSSR count). The zero-order valence-corrected chi connectivity index (χ0v) is 35.3. The first-order valence-electron chi connectivity index (χ1n) is 21.0. The number of hydrogen-bond donors (Lipinski definition) is 3. The summed E-state index contributed by atoms with van der Waals surface area (Å²) >= 11 is 0. The molecule has 5 atom stereocenters. The first-order chi connectivity index (χ1) is 28.9. The molecule has 1 aromatic carbocycles. The minimum Gasteiger partial charge on any atom is -0.497 e. The number of nitrogens with zero attached hydrogens (tertiary/aromatic N) is 2. The molecule has 2 aromatic rings. The van der Waals surface area contributed by atoms with Crippen molar-refractivity contribution in [3.63, 3.8) is 0 Å². The summed E-state index contributed by atoms with van der Waals surface area (Å²) in [6.07, 6.45) is 3.29. The number of ether oxygens (including phenoxy) is 4. The van der Waals surface area contributed by atoms with Gasteiger partial charge < -0.3 is 34.5 Å². The van der Waals surface area contributed by atoms with E-state index in [1.54, 1.807) is 19.1 Å². The fourth-order valence-electron chi connectivity index (χ4n) is 9.43. The Kier molecular flexibility index (Phi) is 11.0. The monoisotopic (exact) mass is 875 g/mol. The first kappa shape index (κ1) is 43.0. The van der Waals surface area contributed by atoms with Gasteiger partial charge in [-0.3, -0.25) is 19.1 Å². The zero-order valence-electron chi connectivity index (χ0n) is 34.5. The maximum Gasteiger partial charge on any atom is 0.437 e. The second-order valence-corrected chi connectivity index (χ2v) is 20.0. The summed E-state index contributed by atoms with van der Waals surface area (Å²) in [5.74, 6) is -3.13. The van der Waals surface area contributed by atoms with Gasteiger partial charge in [0.05, 0.1) is 25.8 Å². The van der Waals surface area contributed by atoms with E-state index in [9.17, 15) is 40.8 Å². The van der Waals surface area contributed by atoms with Crippen LogP contribution in [0, 0.1) is 5.92 Å². The Morgan fingerprint density at radius 1 is 1.05 bits per heavy atom. The Hall–Kier alpha value is -4.65. The van der Waals surface area contributed by atoms with E-state index in [1.165, 1.54) is 31.3 Å². The summed E-state index contributed by atoms with van der Waals surface area (Å²) in [5.41, 5.74) is -4.84. The fraction of sp³-hybridized carbons (Fsp3) is 0.643. The molecule has 1 spiro atoms. The summed E-state index contributed by atoms with van der Waals surface area (Å²) in [5, 5.41) is 5.93. The van der Waals surface area contributed by atoms with Gasteiger partial charge in [0.15, 0.2) is 11.4 Å². The van der Waals surface area contributed by atoms with Crippen LogP contribution in [0.1, 0.15) is 102 Å². The van der Waals surface area contributed by atoms with Crippen LogP contribution in [0.3, 0.4) is 0 Å². The molecule has 332 valence electrons. The van der Waals surface area contributed by atoms with Crippen LogP contribution in [0.5, 0.6) is 11.5 Å². The van der Waals surface area contributed by atoms with E-state index in [0.29, 0.717) is 49.7 Å². The average molecular weight is 876 g/mol. The molecule has 0 unspecified atom stereocenters. The SMILES string of the molecule is COCC1(S(=O)(=O)NC(=O)[C@@]23C[C@H]2/C=C\CCCCC[C@H](NC(=O)OC2(C)CCC2)C(=O)N2C[C@@]4(CCc5c(c(C(F)(F)F)nc6ccc(OC)cc56)O4)C[C@H]2C(=O)N3)CC1. The smallest absolute Gasteiger partial charge is 0.437 e.